The second-order valence-electron chi connectivity index (χ2n) is 14.7. The normalized spacial score (nSPS) is 12.7. The van der Waals surface area contributed by atoms with Crippen LogP contribution in [-0.2, 0) is 30.3 Å². The first kappa shape index (κ1) is 38.1. The number of nitrogens with zero attached hydrogens (tertiary/aromatic N) is 1. The van der Waals surface area contributed by atoms with Crippen molar-refractivity contribution < 1.29 is 38.8 Å². The van der Waals surface area contributed by atoms with Crippen LogP contribution in [0.25, 0.3) is 54.9 Å². The predicted octanol–water partition coefficient (Wildman–Crippen LogP) is 12.6. The standard InChI is InChI=1S/C28H22NO2.C15H28O2.Ir/c1-16-13-18-9-10-21-22-11-12-29-24(26(22)31-27(21)25(18)30-16)19-14-17-7-5-6-8-20(17)23(15-19)28(2,3)4;1-7-14(5,8-2)12(16)11-13(17)15(6,9-3)10-4;/h5-13,15H,1-4H3;11,16H,7-10H2,1-6H3;/q-1;;/b;12-11-;. The fraction of sp³-hybridized carbons (Fsp3) is 0.395. The Morgan fingerprint density at radius 2 is 1.43 bits per heavy atom. The van der Waals surface area contributed by atoms with Crippen molar-refractivity contribution in [3.05, 3.63) is 90.0 Å². The second-order valence-corrected chi connectivity index (χ2v) is 14.7. The van der Waals surface area contributed by atoms with Gasteiger partial charge in [-0.25, -0.2) is 0 Å². The second kappa shape index (κ2) is 14.6. The number of furan rings is 2. The van der Waals surface area contributed by atoms with Crippen molar-refractivity contribution >= 4 is 49.5 Å². The first-order valence-corrected chi connectivity index (χ1v) is 17.3. The van der Waals surface area contributed by atoms with Crippen LogP contribution in [0.5, 0.6) is 0 Å². The Labute approximate surface area is 304 Å². The third-order valence-electron chi connectivity index (χ3n) is 10.6. The summed E-state index contributed by atoms with van der Waals surface area (Å²) in [6.07, 6.45) is 6.61. The summed E-state index contributed by atoms with van der Waals surface area (Å²) in [5.41, 5.74) is 4.74. The minimum atomic E-state index is -0.337. The van der Waals surface area contributed by atoms with Crippen LogP contribution >= 0.6 is 0 Å². The number of hydrogen-bond acceptors (Lipinski definition) is 5. The van der Waals surface area contributed by atoms with Gasteiger partial charge in [-0.2, -0.15) is 0 Å². The van der Waals surface area contributed by atoms with Gasteiger partial charge in [0.1, 0.15) is 17.1 Å². The molecule has 0 aliphatic rings. The molecule has 0 unspecified atom stereocenters. The van der Waals surface area contributed by atoms with Gasteiger partial charge in [0.05, 0.1) is 0 Å². The van der Waals surface area contributed by atoms with Crippen molar-refractivity contribution in [3.63, 3.8) is 0 Å². The molecule has 261 valence electrons. The average molecular weight is 837 g/mol. The van der Waals surface area contributed by atoms with E-state index in [9.17, 15) is 9.90 Å². The number of hydrogen-bond donors (Lipinski definition) is 1. The van der Waals surface area contributed by atoms with Crippen molar-refractivity contribution in [2.45, 2.75) is 100 Å². The summed E-state index contributed by atoms with van der Waals surface area (Å²) in [5.74, 6) is 1.16. The maximum atomic E-state index is 12.2. The third-order valence-corrected chi connectivity index (χ3v) is 10.6. The summed E-state index contributed by atoms with van der Waals surface area (Å²) >= 11 is 0. The minimum absolute atomic E-state index is 0. The van der Waals surface area contributed by atoms with E-state index in [-0.39, 0.29) is 47.9 Å². The van der Waals surface area contributed by atoms with Gasteiger partial charge in [0.2, 0.25) is 0 Å². The molecule has 5 nitrogen and oxygen atoms in total. The Kier molecular flexibility index (Phi) is 11.4. The molecule has 0 aliphatic carbocycles. The fourth-order valence-electron chi connectivity index (χ4n) is 6.24. The smallest absolute Gasteiger partial charge is 0.177 e. The molecule has 3 heterocycles. The van der Waals surface area contributed by atoms with E-state index in [1.807, 2.05) is 66.8 Å². The van der Waals surface area contributed by atoms with Crippen molar-refractivity contribution in [2.75, 3.05) is 0 Å². The van der Waals surface area contributed by atoms with E-state index >= 15 is 0 Å². The van der Waals surface area contributed by atoms with Gasteiger partial charge in [-0.15, -0.1) is 29.1 Å². The number of benzene rings is 3. The number of allylic oxidation sites excluding steroid dienone is 2. The zero-order valence-corrected chi connectivity index (χ0v) is 33.0. The summed E-state index contributed by atoms with van der Waals surface area (Å²) < 4.78 is 12.4. The number of aromatic nitrogens is 1. The summed E-state index contributed by atoms with van der Waals surface area (Å²) in [5, 5.41) is 15.6. The molecule has 3 aromatic heterocycles. The van der Waals surface area contributed by atoms with E-state index < -0.39 is 0 Å². The summed E-state index contributed by atoms with van der Waals surface area (Å²) in [6.45, 7) is 20.8. The zero-order chi connectivity index (χ0) is 35.0. The Bertz CT molecular complexity index is 2130. The molecule has 49 heavy (non-hydrogen) atoms. The molecular formula is C43H50IrNO4-. The van der Waals surface area contributed by atoms with E-state index in [0.717, 1.165) is 81.0 Å². The van der Waals surface area contributed by atoms with Crippen molar-refractivity contribution in [1.29, 1.82) is 0 Å². The Morgan fingerprint density at radius 1 is 0.796 bits per heavy atom. The fourth-order valence-corrected chi connectivity index (χ4v) is 6.24. The number of carbonyl (C=O) groups excluding carboxylic acids is 1. The van der Waals surface area contributed by atoms with E-state index in [2.05, 4.69) is 69.3 Å². The van der Waals surface area contributed by atoms with Gasteiger partial charge in [-0.3, -0.25) is 9.78 Å². The van der Waals surface area contributed by atoms with Gasteiger partial charge in [0, 0.05) is 65.1 Å². The maximum absolute atomic E-state index is 12.2. The number of aryl methyl sites for hydroxylation is 1. The Hall–Kier alpha value is -3.73. The van der Waals surface area contributed by atoms with E-state index in [1.54, 1.807) is 0 Å². The summed E-state index contributed by atoms with van der Waals surface area (Å²) in [7, 11) is 0. The van der Waals surface area contributed by atoms with Gasteiger partial charge in [0.25, 0.3) is 0 Å². The third kappa shape index (κ3) is 7.28. The molecule has 3 aromatic carbocycles. The molecule has 0 spiro atoms. The van der Waals surface area contributed by atoms with Crippen LogP contribution in [0.2, 0.25) is 0 Å². The number of aliphatic hydroxyl groups excluding tert-OH is 1. The minimum Gasteiger partial charge on any atom is -0.512 e. The molecule has 6 aromatic rings. The van der Waals surface area contributed by atoms with Crippen molar-refractivity contribution in [1.82, 2.24) is 4.98 Å². The van der Waals surface area contributed by atoms with Gasteiger partial charge >= 0.3 is 0 Å². The molecule has 1 N–H and O–H groups in total. The van der Waals surface area contributed by atoms with Crippen molar-refractivity contribution in [2.24, 2.45) is 10.8 Å². The van der Waals surface area contributed by atoms with Crippen LogP contribution in [0.15, 0.2) is 81.5 Å². The SMILES string of the molecule is CCC(C)(CC)C(=O)/C=C(\O)C(C)(CC)CC.Cc1cc2ccc3c4ccnc(-c5[c-]c6ccccc6c(C(C)(C)C)c5)c4oc3c2o1.[Ir]. The molecule has 0 amide bonds. The molecular weight excluding hydrogens is 787 g/mol. The molecule has 6 heteroatoms. The molecule has 0 bridgehead atoms. The van der Waals surface area contributed by atoms with Gasteiger partial charge in [-0.05, 0) is 56.2 Å². The van der Waals surface area contributed by atoms with Gasteiger partial charge in [0.15, 0.2) is 16.9 Å². The molecule has 0 aliphatic heterocycles. The van der Waals surface area contributed by atoms with Crippen LogP contribution in [0, 0.1) is 23.8 Å². The number of fused-ring (bicyclic) bond motifs is 6. The average Bonchev–Trinajstić information content (AvgIpc) is 3.66. The van der Waals surface area contributed by atoms with Gasteiger partial charge < -0.3 is 13.9 Å². The first-order chi connectivity index (χ1) is 22.7. The number of rotatable bonds is 8. The van der Waals surface area contributed by atoms with Crippen LogP contribution in [0.1, 0.15) is 99.3 Å². The number of ketones is 1. The van der Waals surface area contributed by atoms with Crippen LogP contribution in [-0.4, -0.2) is 15.9 Å². The molecule has 0 saturated carbocycles. The Morgan fingerprint density at radius 3 is 2.06 bits per heavy atom. The molecule has 6 rings (SSSR count). The quantitative estimate of drug-likeness (QED) is 0.0939. The largest absolute Gasteiger partial charge is 0.512 e. The van der Waals surface area contributed by atoms with Crippen LogP contribution in [0.4, 0.5) is 0 Å². The predicted molar refractivity (Wildman–Crippen MR) is 200 cm³/mol. The van der Waals surface area contributed by atoms with Crippen LogP contribution < -0.4 is 0 Å². The number of carbonyl (C=O) groups is 1. The molecule has 0 fully saturated rings. The van der Waals surface area contributed by atoms with E-state index in [1.165, 1.54) is 17.0 Å². The van der Waals surface area contributed by atoms with Gasteiger partial charge in [-0.1, -0.05) is 97.5 Å². The number of aliphatic hydroxyl groups is 1. The first-order valence-electron chi connectivity index (χ1n) is 17.3. The van der Waals surface area contributed by atoms with Crippen molar-refractivity contribution in [3.8, 4) is 11.3 Å². The summed E-state index contributed by atoms with van der Waals surface area (Å²) in [6, 6.07) is 22.5. The van der Waals surface area contributed by atoms with Crippen LogP contribution in [0.3, 0.4) is 0 Å². The monoisotopic (exact) mass is 837 g/mol. The summed E-state index contributed by atoms with van der Waals surface area (Å²) in [4.78, 5) is 16.9. The molecule has 1 radical (unpaired) electrons. The number of pyridine rings is 1. The molecule has 0 saturated heterocycles. The maximum Gasteiger partial charge on any atom is 0.177 e. The molecule has 0 atom stereocenters. The Balaban J connectivity index is 0.000000260. The zero-order valence-electron chi connectivity index (χ0n) is 30.6. The topological polar surface area (TPSA) is 76.5 Å². The van der Waals surface area contributed by atoms with E-state index in [4.69, 9.17) is 13.8 Å². The van der Waals surface area contributed by atoms with E-state index in [0.29, 0.717) is 0 Å².